The average molecular weight is 446 g/mol. The van der Waals surface area contributed by atoms with Gasteiger partial charge in [0.15, 0.2) is 5.16 Å². The molecule has 2 heterocycles. The number of rotatable bonds is 6. The van der Waals surface area contributed by atoms with Crippen molar-refractivity contribution < 1.29 is 9.53 Å². The molecule has 6 nitrogen and oxygen atoms in total. The number of hydrogen-bond acceptors (Lipinski definition) is 5. The van der Waals surface area contributed by atoms with Gasteiger partial charge in [-0.2, -0.15) is 4.98 Å². The van der Waals surface area contributed by atoms with E-state index in [2.05, 4.69) is 22.3 Å². The molecule has 0 spiro atoms. The monoisotopic (exact) mass is 445 g/mol. The van der Waals surface area contributed by atoms with Crippen LogP contribution in [0.2, 0.25) is 0 Å². The molecule has 7 heteroatoms. The summed E-state index contributed by atoms with van der Waals surface area (Å²) in [4.78, 5) is 29.9. The Morgan fingerprint density at radius 1 is 1.25 bits per heavy atom. The summed E-state index contributed by atoms with van der Waals surface area (Å²) in [6.45, 7) is 2.23. The Morgan fingerprint density at radius 3 is 2.75 bits per heavy atom. The molecule has 1 aromatic heterocycles. The topological polar surface area (TPSA) is 73.2 Å². The first-order valence-corrected chi connectivity index (χ1v) is 11.2. The van der Waals surface area contributed by atoms with E-state index in [1.54, 1.807) is 16.7 Å². The van der Waals surface area contributed by atoms with Crippen molar-refractivity contribution in [1.29, 1.82) is 0 Å². The summed E-state index contributed by atoms with van der Waals surface area (Å²) >= 11 is 1.47. The molecule has 4 rings (SSSR count). The maximum atomic E-state index is 13.1. The third-order valence-corrected chi connectivity index (χ3v) is 6.46. The predicted octanol–water partition coefficient (Wildman–Crippen LogP) is 3.87. The van der Waals surface area contributed by atoms with Crippen molar-refractivity contribution in [3.63, 3.8) is 0 Å². The minimum atomic E-state index is -0.373. The molecule has 1 atom stereocenters. The molecule has 32 heavy (non-hydrogen) atoms. The first kappa shape index (κ1) is 21.7. The van der Waals surface area contributed by atoms with E-state index in [0.29, 0.717) is 28.0 Å². The number of ether oxygens (including phenoxy) is 1. The average Bonchev–Trinajstić information content (AvgIpc) is 2.79. The lowest BCUT2D eigenvalue weighted by Crippen LogP contribution is -2.33. The lowest BCUT2D eigenvalue weighted by Gasteiger charge is -2.27. The summed E-state index contributed by atoms with van der Waals surface area (Å²) in [6, 6.07) is 15.5. The zero-order valence-electron chi connectivity index (χ0n) is 17.9. The number of carbonyl (C=O) groups is 1. The summed E-state index contributed by atoms with van der Waals surface area (Å²) in [6.07, 6.45) is 5.42. The highest BCUT2D eigenvalue weighted by molar-refractivity contribution is 7.98. The number of terminal acetylenes is 1. The molecule has 1 aliphatic rings. The van der Waals surface area contributed by atoms with Gasteiger partial charge in [-0.05, 0) is 30.2 Å². The van der Waals surface area contributed by atoms with Gasteiger partial charge in [0.1, 0.15) is 18.2 Å². The van der Waals surface area contributed by atoms with E-state index in [9.17, 15) is 9.59 Å². The normalized spacial score (nSPS) is 14.9. The zero-order valence-corrected chi connectivity index (χ0v) is 18.7. The first-order valence-electron chi connectivity index (χ1n) is 10.2. The number of amides is 1. The molecular formula is C25H23N3O3S. The maximum Gasteiger partial charge on any atom is 0.279 e. The lowest BCUT2D eigenvalue weighted by molar-refractivity contribution is -0.116. The number of fused-ring (bicyclic) bond motifs is 1. The Kier molecular flexibility index (Phi) is 6.33. The van der Waals surface area contributed by atoms with Gasteiger partial charge in [-0.25, -0.2) is 0 Å². The number of hydrogen-bond donors (Lipinski definition) is 1. The minimum Gasteiger partial charge on any atom is -0.481 e. The number of aromatic nitrogens is 2. The summed E-state index contributed by atoms with van der Waals surface area (Å²) in [5.74, 6) is 3.74. The lowest BCUT2D eigenvalue weighted by atomic mass is 9.87. The van der Waals surface area contributed by atoms with Crippen molar-refractivity contribution in [2.75, 3.05) is 11.9 Å². The van der Waals surface area contributed by atoms with Gasteiger partial charge in [0, 0.05) is 25.1 Å². The molecule has 1 N–H and O–H groups in total. The number of thioether (sulfide) groups is 1. The van der Waals surface area contributed by atoms with Crippen LogP contribution in [0, 0.1) is 19.3 Å². The van der Waals surface area contributed by atoms with Crippen LogP contribution in [0.15, 0.2) is 58.5 Å². The van der Waals surface area contributed by atoms with E-state index in [1.165, 1.54) is 17.3 Å². The number of carbonyl (C=O) groups excluding carboxylic acids is 1. The third-order valence-electron chi connectivity index (χ3n) is 5.36. The van der Waals surface area contributed by atoms with Gasteiger partial charge in [-0.3, -0.25) is 9.59 Å². The third kappa shape index (κ3) is 4.56. The second kappa shape index (κ2) is 9.33. The van der Waals surface area contributed by atoms with Crippen LogP contribution in [0.25, 0.3) is 0 Å². The SMILES string of the molecule is C#CCOc1ccc(C2CC(=O)Nc3c2c(=O)nc(SCc2cccc(C)c2)n3C)cc1. The van der Waals surface area contributed by atoms with Crippen molar-refractivity contribution in [3.05, 3.63) is 81.1 Å². The smallest absolute Gasteiger partial charge is 0.279 e. The van der Waals surface area contributed by atoms with Crippen LogP contribution < -0.4 is 15.6 Å². The molecule has 2 aromatic carbocycles. The fourth-order valence-electron chi connectivity index (χ4n) is 3.82. The predicted molar refractivity (Wildman–Crippen MR) is 126 cm³/mol. The van der Waals surface area contributed by atoms with Crippen molar-refractivity contribution in [2.24, 2.45) is 7.05 Å². The fraction of sp³-hybridized carbons (Fsp3) is 0.240. The van der Waals surface area contributed by atoms with Crippen LogP contribution in [-0.4, -0.2) is 22.1 Å². The van der Waals surface area contributed by atoms with Crippen molar-refractivity contribution in [3.8, 4) is 18.1 Å². The molecule has 1 amide bonds. The van der Waals surface area contributed by atoms with Crippen LogP contribution in [0.1, 0.15) is 34.6 Å². The van der Waals surface area contributed by atoms with E-state index in [0.717, 1.165) is 11.1 Å². The van der Waals surface area contributed by atoms with E-state index >= 15 is 0 Å². The Bertz CT molecular complexity index is 1260. The molecule has 0 saturated carbocycles. The molecule has 0 bridgehead atoms. The highest BCUT2D eigenvalue weighted by Gasteiger charge is 2.32. The van der Waals surface area contributed by atoms with Crippen LogP contribution in [0.5, 0.6) is 5.75 Å². The Hall–Kier alpha value is -3.50. The van der Waals surface area contributed by atoms with Crippen LogP contribution in [0.3, 0.4) is 0 Å². The fourth-order valence-corrected chi connectivity index (χ4v) is 4.73. The molecular weight excluding hydrogens is 422 g/mol. The standard InChI is InChI=1S/C25H23N3O3S/c1-4-12-31-19-10-8-18(9-11-19)20-14-21(29)26-23-22(20)24(30)27-25(28(23)3)32-15-17-7-5-6-16(2)13-17/h1,5-11,13,20H,12,14-15H2,2-3H3,(H,26,29). The molecule has 162 valence electrons. The largest absolute Gasteiger partial charge is 0.481 e. The summed E-state index contributed by atoms with van der Waals surface area (Å²) < 4.78 is 7.22. The molecule has 0 radical (unpaired) electrons. The van der Waals surface area contributed by atoms with Gasteiger partial charge >= 0.3 is 0 Å². The Balaban J connectivity index is 1.65. The molecule has 3 aromatic rings. The Morgan fingerprint density at radius 2 is 2.03 bits per heavy atom. The van der Waals surface area contributed by atoms with Crippen molar-refractivity contribution >= 4 is 23.5 Å². The van der Waals surface area contributed by atoms with Gasteiger partial charge < -0.3 is 14.6 Å². The highest BCUT2D eigenvalue weighted by Crippen LogP contribution is 2.36. The maximum absolute atomic E-state index is 13.1. The quantitative estimate of drug-likeness (QED) is 0.354. The molecule has 1 aliphatic heterocycles. The minimum absolute atomic E-state index is 0.133. The summed E-state index contributed by atoms with van der Waals surface area (Å²) in [7, 11) is 1.82. The summed E-state index contributed by atoms with van der Waals surface area (Å²) in [5, 5.41) is 3.44. The second-order valence-electron chi connectivity index (χ2n) is 7.67. The van der Waals surface area contributed by atoms with Gasteiger partial charge in [0.05, 0.1) is 5.56 Å². The van der Waals surface area contributed by atoms with Crippen LogP contribution >= 0.6 is 11.8 Å². The number of nitrogens with zero attached hydrogens (tertiary/aromatic N) is 2. The Labute approximate surface area is 191 Å². The van der Waals surface area contributed by atoms with E-state index in [1.807, 2.05) is 44.3 Å². The number of anilines is 1. The van der Waals surface area contributed by atoms with Crippen molar-refractivity contribution in [2.45, 2.75) is 30.2 Å². The second-order valence-corrected chi connectivity index (χ2v) is 8.61. The number of aryl methyl sites for hydroxylation is 1. The highest BCUT2D eigenvalue weighted by atomic mass is 32.2. The molecule has 0 fully saturated rings. The van der Waals surface area contributed by atoms with E-state index < -0.39 is 0 Å². The zero-order chi connectivity index (χ0) is 22.7. The van der Waals surface area contributed by atoms with E-state index in [-0.39, 0.29) is 30.4 Å². The first-order chi connectivity index (χ1) is 15.5. The van der Waals surface area contributed by atoms with Gasteiger partial charge in [0.2, 0.25) is 5.91 Å². The number of nitrogens with one attached hydrogen (secondary N) is 1. The van der Waals surface area contributed by atoms with Gasteiger partial charge in [-0.15, -0.1) is 6.42 Å². The van der Waals surface area contributed by atoms with Crippen LogP contribution in [0.4, 0.5) is 5.82 Å². The van der Waals surface area contributed by atoms with Crippen LogP contribution in [-0.2, 0) is 17.6 Å². The van der Waals surface area contributed by atoms with E-state index in [4.69, 9.17) is 11.2 Å². The summed E-state index contributed by atoms with van der Waals surface area (Å²) in [5.41, 5.74) is 3.37. The van der Waals surface area contributed by atoms with Gasteiger partial charge in [-0.1, -0.05) is 59.6 Å². The molecule has 0 saturated heterocycles. The number of benzene rings is 2. The molecule has 0 aliphatic carbocycles. The van der Waals surface area contributed by atoms with Crippen molar-refractivity contribution in [1.82, 2.24) is 9.55 Å². The van der Waals surface area contributed by atoms with Gasteiger partial charge in [0.25, 0.3) is 5.56 Å². The molecule has 1 unspecified atom stereocenters.